The highest BCUT2D eigenvalue weighted by Crippen LogP contribution is 2.21. The number of H-pyrrole nitrogens is 2. The zero-order chi connectivity index (χ0) is 18.5. The molecule has 0 aliphatic carbocycles. The Bertz CT molecular complexity index is 1050. The van der Waals surface area contributed by atoms with Gasteiger partial charge in [0.15, 0.2) is 0 Å². The fourth-order valence-corrected chi connectivity index (χ4v) is 3.35. The molecule has 3 N–H and O–H groups in total. The van der Waals surface area contributed by atoms with Crippen molar-refractivity contribution in [2.75, 3.05) is 12.5 Å². The molecule has 136 valence electrons. The van der Waals surface area contributed by atoms with E-state index in [4.69, 9.17) is 4.74 Å². The molecule has 2 aromatic carbocycles. The maximum absolute atomic E-state index is 5.16. The molecule has 0 aliphatic rings. The predicted molar refractivity (Wildman–Crippen MR) is 108 cm³/mol. The van der Waals surface area contributed by atoms with E-state index in [2.05, 4.69) is 36.8 Å². The maximum Gasteiger partial charge on any atom is 0.240 e. The third-order valence-corrected chi connectivity index (χ3v) is 4.91. The van der Waals surface area contributed by atoms with Crippen molar-refractivity contribution in [1.29, 1.82) is 0 Å². The van der Waals surface area contributed by atoms with Crippen molar-refractivity contribution < 1.29 is 4.74 Å². The highest BCUT2D eigenvalue weighted by molar-refractivity contribution is 7.98. The molecule has 2 aromatic heterocycles. The number of hydrogen-bond acceptors (Lipinski definition) is 6. The van der Waals surface area contributed by atoms with Gasteiger partial charge < -0.3 is 9.72 Å². The van der Waals surface area contributed by atoms with Crippen LogP contribution in [0.15, 0.2) is 65.0 Å². The van der Waals surface area contributed by atoms with E-state index in [-0.39, 0.29) is 0 Å². The minimum absolute atomic E-state index is 0.503. The van der Waals surface area contributed by atoms with Crippen molar-refractivity contribution in [1.82, 2.24) is 20.2 Å². The van der Waals surface area contributed by atoms with Crippen molar-refractivity contribution in [3.05, 3.63) is 65.9 Å². The molecule has 0 unspecified atom stereocenters. The summed E-state index contributed by atoms with van der Waals surface area (Å²) in [6.07, 6.45) is 3.68. The molecule has 0 atom stereocenters. The molecule has 0 spiro atoms. The average molecular weight is 378 g/mol. The number of anilines is 1. The van der Waals surface area contributed by atoms with E-state index in [1.54, 1.807) is 25.1 Å². The lowest BCUT2D eigenvalue weighted by molar-refractivity contribution is 0.414. The summed E-state index contributed by atoms with van der Waals surface area (Å²) < 4.78 is 5.16. The first-order chi connectivity index (χ1) is 13.3. The number of thioether (sulfide) groups is 1. The first kappa shape index (κ1) is 17.2. The van der Waals surface area contributed by atoms with E-state index in [0.29, 0.717) is 11.1 Å². The molecule has 2 heterocycles. The number of nitrogens with one attached hydrogen (secondary N) is 3. The van der Waals surface area contributed by atoms with Crippen LogP contribution in [0.3, 0.4) is 0 Å². The summed E-state index contributed by atoms with van der Waals surface area (Å²) >= 11 is 1.55. The molecule has 4 rings (SSSR count). The molecular weight excluding hydrogens is 360 g/mol. The van der Waals surface area contributed by atoms with Gasteiger partial charge >= 0.3 is 0 Å². The SMILES string of the molecule is COc1ccc(CSc2n[nH]c(N/N=C/c3c[nH]c4ccccc34)n2)cc1. The number of hydrazone groups is 1. The van der Waals surface area contributed by atoms with E-state index in [1.165, 1.54) is 5.56 Å². The molecule has 0 fully saturated rings. The van der Waals surface area contributed by atoms with Gasteiger partial charge in [-0.15, -0.1) is 5.10 Å². The topological polar surface area (TPSA) is 91.0 Å². The van der Waals surface area contributed by atoms with E-state index < -0.39 is 0 Å². The summed E-state index contributed by atoms with van der Waals surface area (Å²) in [5.41, 5.74) is 6.14. The first-order valence-electron chi connectivity index (χ1n) is 8.35. The lowest BCUT2D eigenvalue weighted by atomic mass is 10.2. The summed E-state index contributed by atoms with van der Waals surface area (Å²) in [5, 5.41) is 13.1. The lowest BCUT2D eigenvalue weighted by Crippen LogP contribution is -1.92. The molecule has 0 aliphatic heterocycles. The van der Waals surface area contributed by atoms with Crippen LogP contribution in [0.4, 0.5) is 5.95 Å². The molecule has 0 bridgehead atoms. The van der Waals surface area contributed by atoms with Gasteiger partial charge in [0.2, 0.25) is 11.1 Å². The Morgan fingerprint density at radius 1 is 1.19 bits per heavy atom. The number of aromatic amines is 2. The molecule has 0 radical (unpaired) electrons. The number of methoxy groups -OCH3 is 1. The van der Waals surface area contributed by atoms with Crippen molar-refractivity contribution >= 4 is 34.8 Å². The summed E-state index contributed by atoms with van der Waals surface area (Å²) in [6, 6.07) is 16.0. The number of para-hydroxylation sites is 1. The van der Waals surface area contributed by atoms with Gasteiger partial charge in [0.25, 0.3) is 0 Å². The van der Waals surface area contributed by atoms with Crippen LogP contribution in [-0.2, 0) is 5.75 Å². The Kier molecular flexibility index (Phi) is 5.06. The quantitative estimate of drug-likeness (QED) is 0.257. The molecule has 8 heteroatoms. The van der Waals surface area contributed by atoms with E-state index in [9.17, 15) is 0 Å². The number of hydrogen-bond donors (Lipinski definition) is 3. The standard InChI is InChI=1S/C19H18N6OS/c1-26-15-8-6-13(7-9-15)12-27-19-22-18(24-25-19)23-21-11-14-10-20-17-5-3-2-4-16(14)17/h2-11,20H,12H2,1H3,(H2,22,23,24,25)/b21-11+. The van der Waals surface area contributed by atoms with Crippen LogP contribution >= 0.6 is 11.8 Å². The largest absolute Gasteiger partial charge is 0.497 e. The van der Waals surface area contributed by atoms with Gasteiger partial charge in [-0.25, -0.2) is 10.5 Å². The molecule has 4 aromatic rings. The first-order valence-corrected chi connectivity index (χ1v) is 9.34. The van der Waals surface area contributed by atoms with E-state index in [0.717, 1.165) is 28.0 Å². The van der Waals surface area contributed by atoms with Crippen LogP contribution in [0, 0.1) is 0 Å². The summed E-state index contributed by atoms with van der Waals surface area (Å²) in [5.74, 6) is 2.13. The molecule has 0 amide bonds. The lowest BCUT2D eigenvalue weighted by Gasteiger charge is -2.01. The van der Waals surface area contributed by atoms with Crippen LogP contribution in [0.1, 0.15) is 11.1 Å². The van der Waals surface area contributed by atoms with Gasteiger partial charge in [0.1, 0.15) is 5.75 Å². The van der Waals surface area contributed by atoms with Crippen LogP contribution in [0.5, 0.6) is 5.75 Å². The zero-order valence-electron chi connectivity index (χ0n) is 14.6. The third kappa shape index (κ3) is 4.12. The Balaban J connectivity index is 1.33. The van der Waals surface area contributed by atoms with Crippen LogP contribution in [0.25, 0.3) is 10.9 Å². The second kappa shape index (κ2) is 7.96. The van der Waals surface area contributed by atoms with Gasteiger partial charge in [0.05, 0.1) is 13.3 Å². The maximum atomic E-state index is 5.16. The van der Waals surface area contributed by atoms with Gasteiger partial charge in [-0.2, -0.15) is 10.1 Å². The minimum atomic E-state index is 0.503. The second-order valence-electron chi connectivity index (χ2n) is 5.76. The number of nitrogens with zero attached hydrogens (tertiary/aromatic N) is 3. The Morgan fingerprint density at radius 3 is 2.89 bits per heavy atom. The summed E-state index contributed by atoms with van der Waals surface area (Å²) in [6.45, 7) is 0. The number of rotatable bonds is 7. The third-order valence-electron chi connectivity index (χ3n) is 3.99. The fourth-order valence-electron chi connectivity index (χ4n) is 2.59. The van der Waals surface area contributed by atoms with E-state index in [1.807, 2.05) is 48.7 Å². The molecular formula is C19H18N6OS. The van der Waals surface area contributed by atoms with Crippen molar-refractivity contribution in [3.63, 3.8) is 0 Å². The van der Waals surface area contributed by atoms with Crippen LogP contribution < -0.4 is 10.2 Å². The molecule has 0 saturated heterocycles. The van der Waals surface area contributed by atoms with Crippen LogP contribution in [0.2, 0.25) is 0 Å². The van der Waals surface area contributed by atoms with Gasteiger partial charge in [0, 0.05) is 28.4 Å². The molecule has 0 saturated carbocycles. The predicted octanol–water partition coefficient (Wildman–Crippen LogP) is 4.03. The van der Waals surface area contributed by atoms with Gasteiger partial charge in [-0.1, -0.05) is 42.1 Å². The molecule has 27 heavy (non-hydrogen) atoms. The number of benzene rings is 2. The number of fused-ring (bicyclic) bond motifs is 1. The van der Waals surface area contributed by atoms with Crippen LogP contribution in [-0.4, -0.2) is 33.5 Å². The Labute approximate surface area is 160 Å². The van der Waals surface area contributed by atoms with Gasteiger partial charge in [-0.05, 0) is 23.8 Å². The smallest absolute Gasteiger partial charge is 0.240 e. The summed E-state index contributed by atoms with van der Waals surface area (Å²) in [4.78, 5) is 7.59. The van der Waals surface area contributed by atoms with Crippen molar-refractivity contribution in [3.8, 4) is 5.75 Å². The Morgan fingerprint density at radius 2 is 2.04 bits per heavy atom. The number of aromatic nitrogens is 4. The number of ether oxygens (including phenoxy) is 1. The monoisotopic (exact) mass is 378 g/mol. The fraction of sp³-hybridized carbons (Fsp3) is 0.105. The molecule has 7 nitrogen and oxygen atoms in total. The van der Waals surface area contributed by atoms with Gasteiger partial charge in [-0.3, -0.25) is 0 Å². The normalized spacial score (nSPS) is 11.3. The average Bonchev–Trinajstić information content (AvgIpc) is 3.34. The van der Waals surface area contributed by atoms with Crippen molar-refractivity contribution in [2.45, 2.75) is 10.9 Å². The highest BCUT2D eigenvalue weighted by Gasteiger charge is 2.04. The van der Waals surface area contributed by atoms with Crippen molar-refractivity contribution in [2.24, 2.45) is 5.10 Å². The zero-order valence-corrected chi connectivity index (χ0v) is 15.5. The summed E-state index contributed by atoms with van der Waals surface area (Å²) in [7, 11) is 1.66. The second-order valence-corrected chi connectivity index (χ2v) is 6.71. The highest BCUT2D eigenvalue weighted by atomic mass is 32.2. The van der Waals surface area contributed by atoms with E-state index >= 15 is 0 Å². The minimum Gasteiger partial charge on any atom is -0.497 e. The Hall–Kier alpha value is -3.26.